The molecule has 30 heavy (non-hydrogen) atoms. The number of ketones is 1. The van der Waals surface area contributed by atoms with Crippen molar-refractivity contribution in [1.82, 2.24) is 9.97 Å². The fourth-order valence-corrected chi connectivity index (χ4v) is 3.36. The maximum atomic E-state index is 12.7. The van der Waals surface area contributed by atoms with E-state index in [2.05, 4.69) is 9.97 Å². The van der Waals surface area contributed by atoms with Gasteiger partial charge in [0.1, 0.15) is 11.4 Å². The molecule has 0 aliphatic heterocycles. The lowest BCUT2D eigenvalue weighted by Crippen LogP contribution is -2.16. The highest BCUT2D eigenvalue weighted by atomic mass is 16.5. The lowest BCUT2D eigenvalue weighted by molar-refractivity contribution is 0.0467. The van der Waals surface area contributed by atoms with E-state index in [0.29, 0.717) is 28.9 Å². The minimum absolute atomic E-state index is 0.0924. The molecule has 0 radical (unpaired) electrons. The largest absolute Gasteiger partial charge is 0.465 e. The number of hydrogen-bond acceptors (Lipinski definition) is 7. The number of aryl methyl sites for hydroxylation is 2. The SMILES string of the molecule is CCOC(=O)c1[nH]c(C)c(C(=O)COC(=O)c2[nH]c(CC)c(C(=O)OC)c2C)c1C. The summed E-state index contributed by atoms with van der Waals surface area (Å²) in [4.78, 5) is 54.9. The van der Waals surface area contributed by atoms with Crippen LogP contribution >= 0.6 is 0 Å². The summed E-state index contributed by atoms with van der Waals surface area (Å²) in [6, 6.07) is 0. The molecule has 0 saturated heterocycles. The van der Waals surface area contributed by atoms with Gasteiger partial charge in [0.25, 0.3) is 0 Å². The third kappa shape index (κ3) is 4.29. The summed E-state index contributed by atoms with van der Waals surface area (Å²) in [5, 5.41) is 0. The third-order valence-corrected chi connectivity index (χ3v) is 4.81. The standard InChI is InChI=1S/C21H26N2O7/c1-7-13-16(19(25)28-6)11(4)18(23-13)21(27)30-9-14(24)15-10(3)17(22-12(15)5)20(26)29-8-2/h22-23H,7-9H2,1-6H3. The predicted octanol–water partition coefficient (Wildman–Crippen LogP) is 2.83. The van der Waals surface area contributed by atoms with Crippen molar-refractivity contribution in [1.29, 1.82) is 0 Å². The molecule has 0 fully saturated rings. The van der Waals surface area contributed by atoms with E-state index >= 15 is 0 Å². The topological polar surface area (TPSA) is 128 Å². The number of ether oxygens (including phenoxy) is 3. The zero-order chi connectivity index (χ0) is 22.6. The van der Waals surface area contributed by atoms with Crippen LogP contribution in [0.1, 0.15) is 78.1 Å². The minimum atomic E-state index is -0.762. The molecule has 2 aromatic heterocycles. The van der Waals surface area contributed by atoms with E-state index in [9.17, 15) is 19.2 Å². The third-order valence-electron chi connectivity index (χ3n) is 4.81. The number of H-pyrrole nitrogens is 2. The second-order valence-electron chi connectivity index (χ2n) is 6.67. The van der Waals surface area contributed by atoms with E-state index in [1.54, 1.807) is 27.7 Å². The number of aromatic amines is 2. The molecule has 0 bridgehead atoms. The fraction of sp³-hybridized carbons (Fsp3) is 0.429. The maximum Gasteiger partial charge on any atom is 0.355 e. The molecule has 0 saturated carbocycles. The molecule has 0 atom stereocenters. The number of nitrogens with one attached hydrogen (secondary N) is 2. The minimum Gasteiger partial charge on any atom is -0.465 e. The van der Waals surface area contributed by atoms with E-state index in [1.165, 1.54) is 7.11 Å². The molecule has 2 rings (SSSR count). The summed E-state index contributed by atoms with van der Waals surface area (Å²) in [6.07, 6.45) is 0.482. The van der Waals surface area contributed by atoms with Crippen molar-refractivity contribution in [3.63, 3.8) is 0 Å². The van der Waals surface area contributed by atoms with Crippen LogP contribution in [0, 0.1) is 20.8 Å². The molecule has 0 amide bonds. The molecule has 0 unspecified atom stereocenters. The van der Waals surface area contributed by atoms with Gasteiger partial charge in [-0.2, -0.15) is 0 Å². The molecular formula is C21H26N2O7. The summed E-state index contributed by atoms with van der Waals surface area (Å²) in [6.45, 7) is 8.08. The Hall–Kier alpha value is -3.36. The molecular weight excluding hydrogens is 392 g/mol. The van der Waals surface area contributed by atoms with Gasteiger partial charge >= 0.3 is 17.9 Å². The number of carbonyl (C=O) groups is 4. The Bertz CT molecular complexity index is 998. The van der Waals surface area contributed by atoms with Crippen molar-refractivity contribution in [2.45, 2.75) is 41.0 Å². The van der Waals surface area contributed by atoms with Gasteiger partial charge in [-0.1, -0.05) is 6.92 Å². The predicted molar refractivity (Wildman–Crippen MR) is 107 cm³/mol. The quantitative estimate of drug-likeness (QED) is 0.383. The molecule has 9 heteroatoms. The van der Waals surface area contributed by atoms with Crippen molar-refractivity contribution in [2.75, 3.05) is 20.3 Å². The Morgan fingerprint density at radius 3 is 1.93 bits per heavy atom. The first-order valence-corrected chi connectivity index (χ1v) is 9.54. The van der Waals surface area contributed by atoms with Gasteiger partial charge in [0.2, 0.25) is 5.78 Å². The van der Waals surface area contributed by atoms with Gasteiger partial charge in [0, 0.05) is 17.0 Å². The van der Waals surface area contributed by atoms with Gasteiger partial charge < -0.3 is 24.2 Å². The summed E-state index contributed by atoms with van der Waals surface area (Å²) >= 11 is 0. The van der Waals surface area contributed by atoms with Gasteiger partial charge in [-0.15, -0.1) is 0 Å². The number of rotatable bonds is 8. The van der Waals surface area contributed by atoms with Crippen LogP contribution in [0.3, 0.4) is 0 Å². The van der Waals surface area contributed by atoms with Crippen molar-refractivity contribution >= 4 is 23.7 Å². The first kappa shape index (κ1) is 22.9. The van der Waals surface area contributed by atoms with Crippen molar-refractivity contribution < 1.29 is 33.4 Å². The lowest BCUT2D eigenvalue weighted by Gasteiger charge is -2.05. The molecule has 0 aliphatic carbocycles. The van der Waals surface area contributed by atoms with Crippen LogP contribution in [-0.4, -0.2) is 54.0 Å². The highest BCUT2D eigenvalue weighted by molar-refractivity contribution is 6.04. The van der Waals surface area contributed by atoms with E-state index < -0.39 is 30.3 Å². The fourth-order valence-electron chi connectivity index (χ4n) is 3.36. The van der Waals surface area contributed by atoms with Crippen LogP contribution in [0.15, 0.2) is 0 Å². The monoisotopic (exact) mass is 418 g/mol. The van der Waals surface area contributed by atoms with E-state index in [4.69, 9.17) is 14.2 Å². The summed E-state index contributed by atoms with van der Waals surface area (Å²) < 4.78 is 14.9. The summed E-state index contributed by atoms with van der Waals surface area (Å²) in [5.41, 5.74) is 2.71. The van der Waals surface area contributed by atoms with Crippen LogP contribution in [-0.2, 0) is 20.6 Å². The normalized spacial score (nSPS) is 10.6. The highest BCUT2D eigenvalue weighted by Gasteiger charge is 2.27. The van der Waals surface area contributed by atoms with E-state index in [0.717, 1.165) is 0 Å². The van der Waals surface area contributed by atoms with Crippen molar-refractivity contribution in [3.05, 3.63) is 45.0 Å². The second kappa shape index (κ2) is 9.43. The molecule has 0 aliphatic rings. The molecule has 0 spiro atoms. The van der Waals surface area contributed by atoms with Crippen LogP contribution in [0.5, 0.6) is 0 Å². The number of aromatic nitrogens is 2. The lowest BCUT2D eigenvalue weighted by atomic mass is 10.1. The van der Waals surface area contributed by atoms with Gasteiger partial charge in [0.05, 0.1) is 19.3 Å². The number of methoxy groups -OCH3 is 1. The van der Waals surface area contributed by atoms with Crippen LogP contribution < -0.4 is 0 Å². The Morgan fingerprint density at radius 2 is 1.37 bits per heavy atom. The van der Waals surface area contributed by atoms with Crippen LogP contribution in [0.25, 0.3) is 0 Å². The zero-order valence-corrected chi connectivity index (χ0v) is 18.0. The van der Waals surface area contributed by atoms with E-state index in [-0.39, 0.29) is 29.1 Å². The smallest absolute Gasteiger partial charge is 0.355 e. The van der Waals surface area contributed by atoms with Gasteiger partial charge in [-0.3, -0.25) is 4.79 Å². The Kier molecular flexibility index (Phi) is 7.20. The van der Waals surface area contributed by atoms with E-state index in [1.807, 2.05) is 6.92 Å². The Labute approximate surface area is 174 Å². The zero-order valence-electron chi connectivity index (χ0n) is 18.0. The number of Topliss-reactive ketones (excluding diaryl/α,β-unsaturated/α-hetero) is 1. The second-order valence-corrected chi connectivity index (χ2v) is 6.67. The maximum absolute atomic E-state index is 12.7. The van der Waals surface area contributed by atoms with Crippen molar-refractivity contribution in [2.24, 2.45) is 0 Å². The summed E-state index contributed by atoms with van der Waals surface area (Å²) in [7, 11) is 1.26. The van der Waals surface area contributed by atoms with Gasteiger partial charge in [-0.05, 0) is 45.2 Å². The molecule has 2 heterocycles. The first-order valence-electron chi connectivity index (χ1n) is 9.54. The van der Waals surface area contributed by atoms with Gasteiger partial charge in [-0.25, -0.2) is 14.4 Å². The first-order chi connectivity index (χ1) is 14.2. The average molecular weight is 418 g/mol. The average Bonchev–Trinajstić information content (AvgIpc) is 3.21. The Morgan fingerprint density at radius 1 is 0.800 bits per heavy atom. The van der Waals surface area contributed by atoms with Crippen LogP contribution in [0.2, 0.25) is 0 Å². The highest BCUT2D eigenvalue weighted by Crippen LogP contribution is 2.22. The van der Waals surface area contributed by atoms with Crippen LogP contribution in [0.4, 0.5) is 0 Å². The van der Waals surface area contributed by atoms with Crippen molar-refractivity contribution in [3.8, 4) is 0 Å². The molecule has 2 aromatic rings. The summed E-state index contributed by atoms with van der Waals surface area (Å²) in [5.74, 6) is -2.33. The number of hydrogen-bond donors (Lipinski definition) is 2. The number of esters is 3. The molecule has 9 nitrogen and oxygen atoms in total. The number of carbonyl (C=O) groups excluding carboxylic acids is 4. The molecule has 2 N–H and O–H groups in total. The molecule has 0 aromatic carbocycles. The Balaban J connectivity index is 2.20. The van der Waals surface area contributed by atoms with Gasteiger partial charge in [0.15, 0.2) is 6.61 Å². The molecule has 162 valence electrons.